The summed E-state index contributed by atoms with van der Waals surface area (Å²) in [5.74, 6) is 0.746. The minimum atomic E-state index is -1.41. The van der Waals surface area contributed by atoms with E-state index in [-0.39, 0.29) is 0 Å². The average Bonchev–Trinajstić information content (AvgIpc) is 2.29. The van der Waals surface area contributed by atoms with Gasteiger partial charge in [0.15, 0.2) is 5.89 Å². The summed E-state index contributed by atoms with van der Waals surface area (Å²) in [6.45, 7) is 14.5. The normalized spacial score (nSPS) is 11.8. The number of hydrogen-bond acceptors (Lipinski definition) is 2. The van der Waals surface area contributed by atoms with Crippen molar-refractivity contribution < 1.29 is 4.42 Å². The summed E-state index contributed by atoms with van der Waals surface area (Å²) in [4.78, 5) is 4.35. The van der Waals surface area contributed by atoms with Gasteiger partial charge in [0, 0.05) is 6.92 Å². The predicted molar refractivity (Wildman–Crippen MR) is 58.9 cm³/mol. The Morgan fingerprint density at radius 2 is 1.92 bits per heavy atom. The molecular formula is C10H17NOSi. The Labute approximate surface area is 80.7 Å². The van der Waals surface area contributed by atoms with Crippen LogP contribution in [0.2, 0.25) is 19.6 Å². The molecule has 0 saturated carbocycles. The molecule has 0 aromatic carbocycles. The van der Waals surface area contributed by atoms with Gasteiger partial charge in [0.05, 0.1) is 0 Å². The molecule has 72 valence electrons. The summed E-state index contributed by atoms with van der Waals surface area (Å²) in [5.41, 5.74) is 1.96. The minimum Gasteiger partial charge on any atom is -0.451 e. The number of oxazole rings is 1. The second-order valence-corrected chi connectivity index (χ2v) is 9.40. The van der Waals surface area contributed by atoms with Crippen molar-refractivity contribution in [1.82, 2.24) is 4.98 Å². The number of rotatable bonds is 2. The molecule has 13 heavy (non-hydrogen) atoms. The molecule has 2 nitrogen and oxygen atoms in total. The number of aryl methyl sites for hydroxylation is 1. The molecule has 0 bridgehead atoms. The second kappa shape index (κ2) is 3.14. The zero-order valence-electron chi connectivity index (χ0n) is 9.06. The third-order valence-electron chi connectivity index (χ3n) is 1.82. The lowest BCUT2D eigenvalue weighted by Crippen LogP contribution is -2.38. The maximum atomic E-state index is 5.63. The largest absolute Gasteiger partial charge is 0.451 e. The highest BCUT2D eigenvalue weighted by Crippen LogP contribution is 2.14. The van der Waals surface area contributed by atoms with Gasteiger partial charge in [-0.25, -0.2) is 4.98 Å². The monoisotopic (exact) mass is 195 g/mol. The molecule has 0 aliphatic carbocycles. The van der Waals surface area contributed by atoms with E-state index in [2.05, 4.69) is 31.2 Å². The summed E-state index contributed by atoms with van der Waals surface area (Å²) in [6.07, 6.45) is 0. The van der Waals surface area contributed by atoms with Crippen molar-refractivity contribution in [2.45, 2.75) is 33.5 Å². The van der Waals surface area contributed by atoms with Crippen molar-refractivity contribution in [2.24, 2.45) is 0 Å². The van der Waals surface area contributed by atoms with E-state index in [1.165, 1.54) is 0 Å². The van der Waals surface area contributed by atoms with E-state index < -0.39 is 8.07 Å². The van der Waals surface area contributed by atoms with Crippen LogP contribution in [0.15, 0.2) is 11.0 Å². The van der Waals surface area contributed by atoms with Crippen molar-refractivity contribution in [1.29, 1.82) is 0 Å². The predicted octanol–water partition coefficient (Wildman–Crippen LogP) is 2.56. The third-order valence-corrected chi connectivity index (χ3v) is 3.52. The van der Waals surface area contributed by atoms with Gasteiger partial charge < -0.3 is 4.42 Å². The Hall–Kier alpha value is -0.833. The Morgan fingerprint density at radius 3 is 2.23 bits per heavy atom. The maximum Gasteiger partial charge on any atom is 0.191 e. The standard InChI is InChI=1S/C10H17NOSi/c1-7(2)9-10(13(4,5)6)12-8(3)11-9/h1H2,2-6H3. The third kappa shape index (κ3) is 2.09. The fourth-order valence-corrected chi connectivity index (χ4v) is 2.66. The van der Waals surface area contributed by atoms with Gasteiger partial charge in [-0.15, -0.1) is 0 Å². The van der Waals surface area contributed by atoms with E-state index in [9.17, 15) is 0 Å². The SMILES string of the molecule is C=C(C)c1nc(C)oc1[Si](C)(C)C. The molecule has 0 radical (unpaired) electrons. The number of aromatic nitrogens is 1. The molecule has 1 aromatic rings. The molecule has 1 aromatic heterocycles. The second-order valence-electron chi connectivity index (χ2n) is 4.44. The van der Waals surface area contributed by atoms with Gasteiger partial charge in [0.25, 0.3) is 0 Å². The van der Waals surface area contributed by atoms with Crippen LogP contribution in [0.3, 0.4) is 0 Å². The van der Waals surface area contributed by atoms with Gasteiger partial charge >= 0.3 is 0 Å². The molecule has 0 N–H and O–H groups in total. The van der Waals surface area contributed by atoms with Crippen LogP contribution in [-0.2, 0) is 0 Å². The first-order valence-electron chi connectivity index (χ1n) is 4.46. The van der Waals surface area contributed by atoms with Crippen LogP contribution < -0.4 is 5.38 Å². The average molecular weight is 195 g/mol. The Kier molecular flexibility index (Phi) is 2.48. The van der Waals surface area contributed by atoms with Crippen molar-refractivity contribution in [3.8, 4) is 0 Å². The van der Waals surface area contributed by atoms with E-state index in [0.29, 0.717) is 0 Å². The summed E-state index contributed by atoms with van der Waals surface area (Å²) in [5, 5.41) is 1.07. The summed E-state index contributed by atoms with van der Waals surface area (Å²) >= 11 is 0. The molecule has 0 fully saturated rings. The van der Waals surface area contributed by atoms with E-state index >= 15 is 0 Å². The molecule has 0 saturated heterocycles. The van der Waals surface area contributed by atoms with Crippen molar-refractivity contribution in [3.05, 3.63) is 18.2 Å². The topological polar surface area (TPSA) is 26.0 Å². The molecule has 0 unspecified atom stereocenters. The number of nitrogens with zero attached hydrogens (tertiary/aromatic N) is 1. The summed E-state index contributed by atoms with van der Waals surface area (Å²) in [6, 6.07) is 0. The van der Waals surface area contributed by atoms with Gasteiger partial charge in [-0.1, -0.05) is 26.2 Å². The maximum absolute atomic E-state index is 5.63. The lowest BCUT2D eigenvalue weighted by molar-refractivity contribution is 0.547. The molecule has 0 spiro atoms. The molecule has 0 aliphatic heterocycles. The first-order valence-corrected chi connectivity index (χ1v) is 7.96. The van der Waals surface area contributed by atoms with Crippen LogP contribution >= 0.6 is 0 Å². The number of hydrogen-bond donors (Lipinski definition) is 0. The molecule has 1 heterocycles. The van der Waals surface area contributed by atoms with E-state index in [1.807, 2.05) is 13.8 Å². The highest BCUT2D eigenvalue weighted by atomic mass is 28.3. The van der Waals surface area contributed by atoms with Gasteiger partial charge in [0.2, 0.25) is 0 Å². The Bertz CT molecular complexity index is 333. The van der Waals surface area contributed by atoms with Crippen LogP contribution in [-0.4, -0.2) is 13.1 Å². The van der Waals surface area contributed by atoms with Crippen molar-refractivity contribution in [2.75, 3.05) is 0 Å². The quantitative estimate of drug-likeness (QED) is 0.678. The molecule has 3 heteroatoms. The molecule has 0 amide bonds. The summed E-state index contributed by atoms with van der Waals surface area (Å²) in [7, 11) is -1.41. The lowest BCUT2D eigenvalue weighted by atomic mass is 10.3. The molecule has 0 aliphatic rings. The van der Waals surface area contributed by atoms with E-state index in [0.717, 1.165) is 22.5 Å². The van der Waals surface area contributed by atoms with Crippen LogP contribution in [0.25, 0.3) is 5.57 Å². The first-order chi connectivity index (χ1) is 5.82. The van der Waals surface area contributed by atoms with Crippen LogP contribution in [0, 0.1) is 6.92 Å². The zero-order chi connectivity index (χ0) is 10.2. The van der Waals surface area contributed by atoms with Gasteiger partial charge in [0.1, 0.15) is 19.2 Å². The smallest absolute Gasteiger partial charge is 0.191 e. The fourth-order valence-electron chi connectivity index (χ4n) is 1.22. The summed E-state index contributed by atoms with van der Waals surface area (Å²) < 4.78 is 5.63. The lowest BCUT2D eigenvalue weighted by Gasteiger charge is -2.13. The molecule has 1 rings (SSSR count). The Balaban J connectivity index is 3.28. The van der Waals surface area contributed by atoms with Crippen molar-refractivity contribution >= 4 is 19.0 Å². The van der Waals surface area contributed by atoms with Crippen LogP contribution in [0.5, 0.6) is 0 Å². The minimum absolute atomic E-state index is 0.746. The van der Waals surface area contributed by atoms with Gasteiger partial charge in [-0.2, -0.15) is 0 Å². The van der Waals surface area contributed by atoms with E-state index in [4.69, 9.17) is 4.42 Å². The molecule has 0 atom stereocenters. The fraction of sp³-hybridized carbons (Fsp3) is 0.500. The van der Waals surface area contributed by atoms with Gasteiger partial charge in [-0.3, -0.25) is 0 Å². The highest BCUT2D eigenvalue weighted by molar-refractivity contribution is 6.88. The van der Waals surface area contributed by atoms with Crippen LogP contribution in [0.1, 0.15) is 18.5 Å². The van der Waals surface area contributed by atoms with E-state index in [1.54, 1.807) is 0 Å². The highest BCUT2D eigenvalue weighted by Gasteiger charge is 2.26. The van der Waals surface area contributed by atoms with Crippen molar-refractivity contribution in [3.63, 3.8) is 0 Å². The molecular weight excluding hydrogens is 178 g/mol. The Morgan fingerprint density at radius 1 is 1.38 bits per heavy atom. The first kappa shape index (κ1) is 10.2. The zero-order valence-corrected chi connectivity index (χ0v) is 10.1. The van der Waals surface area contributed by atoms with Gasteiger partial charge in [-0.05, 0) is 12.5 Å². The number of allylic oxidation sites excluding steroid dienone is 1. The van der Waals surface area contributed by atoms with Crippen LogP contribution in [0.4, 0.5) is 0 Å².